The van der Waals surface area contributed by atoms with E-state index in [1.807, 2.05) is 0 Å². The number of hydrogen-bond acceptors (Lipinski definition) is 2. The van der Waals surface area contributed by atoms with Crippen molar-refractivity contribution in [2.75, 3.05) is 19.6 Å². The largest absolute Gasteiger partial charge is 0.324 e. The summed E-state index contributed by atoms with van der Waals surface area (Å²) in [5.74, 6) is 0.901. The molecular formula is C16H25BrN2. The van der Waals surface area contributed by atoms with E-state index < -0.39 is 0 Å². The molecule has 1 aromatic carbocycles. The highest BCUT2D eigenvalue weighted by Crippen LogP contribution is 2.22. The van der Waals surface area contributed by atoms with E-state index in [1.54, 1.807) is 0 Å². The predicted octanol–water partition coefficient (Wildman–Crippen LogP) is 3.96. The molecule has 0 aliphatic carbocycles. The van der Waals surface area contributed by atoms with Crippen LogP contribution in [0.5, 0.6) is 0 Å². The molecule has 106 valence electrons. The van der Waals surface area contributed by atoms with Crippen molar-refractivity contribution in [3.63, 3.8) is 0 Å². The van der Waals surface area contributed by atoms with Gasteiger partial charge < -0.3 is 10.6 Å². The van der Waals surface area contributed by atoms with Gasteiger partial charge in [-0.1, -0.05) is 41.4 Å². The first-order chi connectivity index (χ1) is 9.19. The fourth-order valence-corrected chi connectivity index (χ4v) is 3.15. The quantitative estimate of drug-likeness (QED) is 0.888. The summed E-state index contributed by atoms with van der Waals surface area (Å²) < 4.78 is 1.12. The van der Waals surface area contributed by atoms with Crippen LogP contribution >= 0.6 is 15.9 Å². The minimum Gasteiger partial charge on any atom is -0.324 e. The lowest BCUT2D eigenvalue weighted by Gasteiger charge is -2.32. The maximum absolute atomic E-state index is 6.29. The summed E-state index contributed by atoms with van der Waals surface area (Å²) in [6, 6.07) is 8.56. The Bertz CT molecular complexity index is 377. The van der Waals surface area contributed by atoms with Gasteiger partial charge in [-0.25, -0.2) is 0 Å². The van der Waals surface area contributed by atoms with E-state index in [1.165, 1.54) is 37.9 Å². The van der Waals surface area contributed by atoms with Crippen molar-refractivity contribution in [3.8, 4) is 0 Å². The van der Waals surface area contributed by atoms with Crippen LogP contribution in [0, 0.1) is 5.92 Å². The Labute approximate surface area is 125 Å². The predicted molar refractivity (Wildman–Crippen MR) is 85.1 cm³/mol. The zero-order chi connectivity index (χ0) is 13.7. The smallest absolute Gasteiger partial charge is 0.0307 e. The Balaban J connectivity index is 1.79. The van der Waals surface area contributed by atoms with Crippen molar-refractivity contribution in [3.05, 3.63) is 34.3 Å². The maximum atomic E-state index is 6.29. The molecule has 0 bridgehead atoms. The molecule has 1 aliphatic heterocycles. The van der Waals surface area contributed by atoms with Gasteiger partial charge in [0.1, 0.15) is 0 Å². The molecule has 3 heteroatoms. The zero-order valence-electron chi connectivity index (χ0n) is 11.8. The first-order valence-corrected chi connectivity index (χ1v) is 8.21. The van der Waals surface area contributed by atoms with Crippen molar-refractivity contribution < 1.29 is 0 Å². The first-order valence-electron chi connectivity index (χ1n) is 7.42. The second-order valence-electron chi connectivity index (χ2n) is 5.66. The first kappa shape index (κ1) is 15.0. The van der Waals surface area contributed by atoms with Crippen molar-refractivity contribution >= 4 is 15.9 Å². The van der Waals surface area contributed by atoms with Crippen LogP contribution in [-0.2, 0) is 0 Å². The van der Waals surface area contributed by atoms with E-state index in [2.05, 4.69) is 52.0 Å². The number of hydrogen-bond donors (Lipinski definition) is 1. The Hall–Kier alpha value is -0.380. The van der Waals surface area contributed by atoms with Crippen LogP contribution in [-0.4, -0.2) is 24.5 Å². The molecule has 0 radical (unpaired) electrons. The Morgan fingerprint density at radius 1 is 1.37 bits per heavy atom. The highest BCUT2D eigenvalue weighted by Gasteiger charge is 2.18. The maximum Gasteiger partial charge on any atom is 0.0307 e. The van der Waals surface area contributed by atoms with E-state index in [0.717, 1.165) is 23.4 Å². The Morgan fingerprint density at radius 3 is 2.79 bits per heavy atom. The third-order valence-electron chi connectivity index (χ3n) is 4.23. The minimum absolute atomic E-state index is 0.162. The second kappa shape index (κ2) is 7.41. The van der Waals surface area contributed by atoms with Gasteiger partial charge in [0.2, 0.25) is 0 Å². The highest BCUT2D eigenvalue weighted by atomic mass is 79.9. The molecule has 0 spiro atoms. The lowest BCUT2D eigenvalue weighted by molar-refractivity contribution is 0.167. The van der Waals surface area contributed by atoms with Gasteiger partial charge in [0, 0.05) is 17.1 Å². The van der Waals surface area contributed by atoms with E-state index in [9.17, 15) is 0 Å². The van der Waals surface area contributed by atoms with Crippen LogP contribution in [0.3, 0.4) is 0 Å². The average molecular weight is 325 g/mol. The van der Waals surface area contributed by atoms with E-state index in [4.69, 9.17) is 5.73 Å². The number of likely N-dealkylation sites (tertiary alicyclic amines) is 1. The molecule has 1 heterocycles. The third kappa shape index (κ3) is 4.59. The van der Waals surface area contributed by atoms with Crippen molar-refractivity contribution in [2.24, 2.45) is 11.7 Å². The van der Waals surface area contributed by atoms with Crippen LogP contribution in [0.4, 0.5) is 0 Å². The number of nitrogens with two attached hydrogens (primary N) is 1. The van der Waals surface area contributed by atoms with E-state index >= 15 is 0 Å². The molecule has 0 saturated carbocycles. The number of piperidine rings is 1. The Kier molecular flexibility index (Phi) is 5.86. The summed E-state index contributed by atoms with van der Waals surface area (Å²) in [7, 11) is 0. The molecule has 2 nitrogen and oxygen atoms in total. The molecule has 2 unspecified atom stereocenters. The van der Waals surface area contributed by atoms with Gasteiger partial charge in [0.25, 0.3) is 0 Å². The SMILES string of the molecule is CCC1CCCN(CCC(N)c2ccc(Br)cc2)C1. The fourth-order valence-electron chi connectivity index (χ4n) is 2.89. The highest BCUT2D eigenvalue weighted by molar-refractivity contribution is 9.10. The van der Waals surface area contributed by atoms with Crippen LogP contribution in [0.2, 0.25) is 0 Å². The molecule has 19 heavy (non-hydrogen) atoms. The normalized spacial score (nSPS) is 22.4. The summed E-state index contributed by atoms with van der Waals surface area (Å²) in [4.78, 5) is 2.59. The van der Waals surface area contributed by atoms with Gasteiger partial charge in [-0.05, 0) is 56.0 Å². The molecular weight excluding hydrogens is 300 g/mol. The van der Waals surface area contributed by atoms with Crippen LogP contribution in [0.15, 0.2) is 28.7 Å². The molecule has 2 atom stereocenters. The monoisotopic (exact) mass is 324 g/mol. The van der Waals surface area contributed by atoms with Crippen LogP contribution in [0.25, 0.3) is 0 Å². The molecule has 1 aliphatic rings. The Morgan fingerprint density at radius 2 is 2.11 bits per heavy atom. The molecule has 2 rings (SSSR count). The van der Waals surface area contributed by atoms with Gasteiger partial charge in [-0.15, -0.1) is 0 Å². The molecule has 2 N–H and O–H groups in total. The molecule has 1 aromatic rings. The average Bonchev–Trinajstić information content (AvgIpc) is 2.46. The third-order valence-corrected chi connectivity index (χ3v) is 4.76. The number of benzene rings is 1. The molecule has 1 saturated heterocycles. The summed E-state index contributed by atoms with van der Waals surface area (Å²) in [5.41, 5.74) is 7.53. The summed E-state index contributed by atoms with van der Waals surface area (Å²) in [5, 5.41) is 0. The number of nitrogens with zero attached hydrogens (tertiary/aromatic N) is 1. The van der Waals surface area contributed by atoms with E-state index in [-0.39, 0.29) is 6.04 Å². The summed E-state index contributed by atoms with van der Waals surface area (Å²) in [6.45, 7) is 5.96. The molecule has 0 amide bonds. The lowest BCUT2D eigenvalue weighted by atomic mass is 9.95. The summed E-state index contributed by atoms with van der Waals surface area (Å²) in [6.07, 6.45) is 5.13. The zero-order valence-corrected chi connectivity index (χ0v) is 13.4. The topological polar surface area (TPSA) is 29.3 Å². The van der Waals surface area contributed by atoms with E-state index in [0.29, 0.717) is 0 Å². The standard InChI is InChI=1S/C16H25BrN2/c1-2-13-4-3-10-19(12-13)11-9-16(18)14-5-7-15(17)8-6-14/h5-8,13,16H,2-4,9-12,18H2,1H3. The molecule has 1 fully saturated rings. The minimum atomic E-state index is 0.162. The van der Waals surface area contributed by atoms with Gasteiger partial charge in [-0.2, -0.15) is 0 Å². The lowest BCUT2D eigenvalue weighted by Crippen LogP contribution is -2.36. The van der Waals surface area contributed by atoms with Crippen LogP contribution < -0.4 is 5.73 Å². The molecule has 0 aromatic heterocycles. The van der Waals surface area contributed by atoms with Crippen molar-refractivity contribution in [1.82, 2.24) is 4.90 Å². The van der Waals surface area contributed by atoms with Gasteiger partial charge >= 0.3 is 0 Å². The van der Waals surface area contributed by atoms with Gasteiger partial charge in [0.05, 0.1) is 0 Å². The van der Waals surface area contributed by atoms with Crippen molar-refractivity contribution in [2.45, 2.75) is 38.6 Å². The fraction of sp³-hybridized carbons (Fsp3) is 0.625. The number of rotatable bonds is 5. The second-order valence-corrected chi connectivity index (χ2v) is 6.58. The number of halogens is 1. The van der Waals surface area contributed by atoms with Gasteiger partial charge in [-0.3, -0.25) is 0 Å². The van der Waals surface area contributed by atoms with Crippen molar-refractivity contribution in [1.29, 1.82) is 0 Å². The van der Waals surface area contributed by atoms with Gasteiger partial charge in [0.15, 0.2) is 0 Å². The van der Waals surface area contributed by atoms with Crippen LogP contribution in [0.1, 0.15) is 44.2 Å². The summed E-state index contributed by atoms with van der Waals surface area (Å²) >= 11 is 3.46.